The Morgan fingerprint density at radius 2 is 1.71 bits per heavy atom. The van der Waals surface area contributed by atoms with E-state index in [9.17, 15) is 22.8 Å². The zero-order valence-electron chi connectivity index (χ0n) is 12.3. The number of benzene rings is 1. The van der Waals surface area contributed by atoms with Crippen LogP contribution in [-0.4, -0.2) is 11.8 Å². The lowest BCUT2D eigenvalue weighted by atomic mass is 10.1. The van der Waals surface area contributed by atoms with Gasteiger partial charge in [-0.3, -0.25) is 15.0 Å². The van der Waals surface area contributed by atoms with Crippen molar-refractivity contribution in [3.63, 3.8) is 0 Å². The lowest BCUT2D eigenvalue weighted by molar-refractivity contribution is -0.684. The summed E-state index contributed by atoms with van der Waals surface area (Å²) in [6.45, 7) is -0.212. The lowest BCUT2D eigenvalue weighted by Crippen LogP contribution is -2.40. The van der Waals surface area contributed by atoms with Gasteiger partial charge in [-0.25, -0.2) is 5.84 Å². The van der Waals surface area contributed by atoms with Gasteiger partial charge in [0.15, 0.2) is 12.4 Å². The summed E-state index contributed by atoms with van der Waals surface area (Å²) in [5.74, 6) is 3.87. The van der Waals surface area contributed by atoms with Crippen molar-refractivity contribution in [2.24, 2.45) is 5.84 Å². The standard InChI is InChI=1S/C15H13F3N4O2/c16-15(17,18)11-3-1-2-4-12(11)20-13(23)9-22-7-5-10(6-8-22)14(24)21-19/h1-8,19H,9H2,(H2,20,23,24)/p+1. The van der Waals surface area contributed by atoms with Crippen LogP contribution in [0.2, 0.25) is 0 Å². The number of alkyl halides is 3. The van der Waals surface area contributed by atoms with Crippen LogP contribution in [-0.2, 0) is 17.5 Å². The van der Waals surface area contributed by atoms with Gasteiger partial charge in [0.1, 0.15) is 0 Å². The highest BCUT2D eigenvalue weighted by atomic mass is 19.4. The molecule has 0 atom stereocenters. The third kappa shape index (κ3) is 4.29. The number of carbonyl (C=O) groups excluding carboxylic acids is 2. The molecular weight excluding hydrogens is 325 g/mol. The van der Waals surface area contributed by atoms with E-state index in [2.05, 4.69) is 5.32 Å². The maximum atomic E-state index is 12.9. The summed E-state index contributed by atoms with van der Waals surface area (Å²) in [7, 11) is 0. The summed E-state index contributed by atoms with van der Waals surface area (Å²) in [4.78, 5) is 23.2. The zero-order chi connectivity index (χ0) is 17.7. The second-order valence-corrected chi connectivity index (χ2v) is 4.82. The Morgan fingerprint density at radius 3 is 2.29 bits per heavy atom. The van der Waals surface area contributed by atoms with E-state index in [1.807, 2.05) is 5.43 Å². The molecule has 0 aliphatic carbocycles. The van der Waals surface area contributed by atoms with Gasteiger partial charge in [0, 0.05) is 12.1 Å². The van der Waals surface area contributed by atoms with Crippen LogP contribution in [0.1, 0.15) is 15.9 Å². The van der Waals surface area contributed by atoms with Gasteiger partial charge in [-0.15, -0.1) is 0 Å². The number of rotatable bonds is 4. The molecule has 0 aliphatic rings. The van der Waals surface area contributed by atoms with Crippen LogP contribution in [0.3, 0.4) is 0 Å². The van der Waals surface area contributed by atoms with E-state index >= 15 is 0 Å². The number of hydrogen-bond acceptors (Lipinski definition) is 3. The first kappa shape index (κ1) is 17.4. The summed E-state index contributed by atoms with van der Waals surface area (Å²) in [5, 5.41) is 2.24. The van der Waals surface area contributed by atoms with Crippen molar-refractivity contribution in [1.82, 2.24) is 5.43 Å². The SMILES string of the molecule is NNC(=O)c1cc[n+](CC(=O)Nc2ccccc2C(F)(F)F)cc1. The van der Waals surface area contributed by atoms with Crippen molar-refractivity contribution in [2.75, 3.05) is 5.32 Å². The quantitative estimate of drug-likeness (QED) is 0.339. The van der Waals surface area contributed by atoms with E-state index < -0.39 is 23.6 Å². The third-order valence-electron chi connectivity index (χ3n) is 3.12. The molecule has 0 saturated heterocycles. The molecule has 126 valence electrons. The van der Waals surface area contributed by atoms with Gasteiger partial charge >= 0.3 is 6.18 Å². The number of nitrogens with zero attached hydrogens (tertiary/aromatic N) is 1. The van der Waals surface area contributed by atoms with Crippen molar-refractivity contribution >= 4 is 17.5 Å². The fourth-order valence-electron chi connectivity index (χ4n) is 1.99. The average Bonchev–Trinajstić information content (AvgIpc) is 2.54. The molecule has 1 heterocycles. The number of para-hydroxylation sites is 1. The number of hydrogen-bond donors (Lipinski definition) is 3. The Kier molecular flexibility index (Phi) is 5.14. The Bertz CT molecular complexity index is 745. The number of anilines is 1. The fourth-order valence-corrected chi connectivity index (χ4v) is 1.99. The van der Waals surface area contributed by atoms with Crippen LogP contribution in [0, 0.1) is 0 Å². The predicted octanol–water partition coefficient (Wildman–Crippen LogP) is 1.24. The van der Waals surface area contributed by atoms with Crippen molar-refractivity contribution in [3.05, 3.63) is 59.9 Å². The Labute approximate surface area is 135 Å². The minimum absolute atomic E-state index is 0.212. The smallest absolute Gasteiger partial charge is 0.320 e. The van der Waals surface area contributed by atoms with Gasteiger partial charge in [-0.1, -0.05) is 12.1 Å². The van der Waals surface area contributed by atoms with Gasteiger partial charge in [-0.05, 0) is 12.1 Å². The largest absolute Gasteiger partial charge is 0.418 e. The van der Waals surface area contributed by atoms with E-state index in [1.54, 1.807) is 0 Å². The number of hydrazine groups is 1. The first-order valence-electron chi connectivity index (χ1n) is 6.77. The number of pyridine rings is 1. The predicted molar refractivity (Wildman–Crippen MR) is 78.4 cm³/mol. The summed E-state index contributed by atoms with van der Waals surface area (Å²) in [5.41, 5.74) is 1.02. The molecule has 0 aliphatic heterocycles. The van der Waals surface area contributed by atoms with Crippen molar-refractivity contribution in [2.45, 2.75) is 12.7 Å². The normalized spacial score (nSPS) is 11.0. The third-order valence-corrected chi connectivity index (χ3v) is 3.12. The van der Waals surface area contributed by atoms with Gasteiger partial charge in [0.05, 0.1) is 16.8 Å². The van der Waals surface area contributed by atoms with Crippen molar-refractivity contribution < 1.29 is 27.3 Å². The topological polar surface area (TPSA) is 88.1 Å². The molecule has 0 spiro atoms. The average molecular weight is 339 g/mol. The monoisotopic (exact) mass is 339 g/mol. The zero-order valence-corrected chi connectivity index (χ0v) is 12.3. The second-order valence-electron chi connectivity index (χ2n) is 4.82. The molecule has 1 aromatic heterocycles. The van der Waals surface area contributed by atoms with E-state index in [1.165, 1.54) is 47.3 Å². The fraction of sp³-hybridized carbons (Fsp3) is 0.133. The minimum Gasteiger partial charge on any atom is -0.320 e. The molecule has 6 nitrogen and oxygen atoms in total. The molecule has 0 fully saturated rings. The molecule has 0 radical (unpaired) electrons. The maximum Gasteiger partial charge on any atom is 0.418 e. The van der Waals surface area contributed by atoms with Crippen LogP contribution >= 0.6 is 0 Å². The van der Waals surface area contributed by atoms with Crippen molar-refractivity contribution in [1.29, 1.82) is 0 Å². The molecular formula is C15H14F3N4O2+. The lowest BCUT2D eigenvalue weighted by Gasteiger charge is -2.12. The van der Waals surface area contributed by atoms with Gasteiger partial charge in [0.25, 0.3) is 11.8 Å². The number of nitrogen functional groups attached to an aromatic ring is 1. The maximum absolute atomic E-state index is 12.9. The molecule has 0 unspecified atom stereocenters. The number of aromatic nitrogens is 1. The van der Waals surface area contributed by atoms with Crippen molar-refractivity contribution in [3.8, 4) is 0 Å². The van der Waals surface area contributed by atoms with E-state index in [-0.39, 0.29) is 17.8 Å². The highest BCUT2D eigenvalue weighted by Gasteiger charge is 2.33. The molecule has 24 heavy (non-hydrogen) atoms. The molecule has 4 N–H and O–H groups in total. The number of nitrogens with two attached hydrogens (primary N) is 1. The van der Waals surface area contributed by atoms with Crippen LogP contribution in [0.15, 0.2) is 48.8 Å². The van der Waals surface area contributed by atoms with Gasteiger partial charge < -0.3 is 5.32 Å². The first-order chi connectivity index (χ1) is 11.3. The highest BCUT2D eigenvalue weighted by molar-refractivity contribution is 5.93. The molecule has 0 saturated carbocycles. The Balaban J connectivity index is 2.08. The van der Waals surface area contributed by atoms with Crippen LogP contribution < -0.4 is 21.2 Å². The van der Waals surface area contributed by atoms with Gasteiger partial charge in [-0.2, -0.15) is 17.7 Å². The summed E-state index contributed by atoms with van der Waals surface area (Å²) >= 11 is 0. The molecule has 0 bridgehead atoms. The Hall–Kier alpha value is -2.94. The summed E-state index contributed by atoms with van der Waals surface area (Å²) in [6.07, 6.45) is -1.67. The highest BCUT2D eigenvalue weighted by Crippen LogP contribution is 2.34. The number of nitrogens with one attached hydrogen (secondary N) is 2. The van der Waals surface area contributed by atoms with Crippen LogP contribution in [0.4, 0.5) is 18.9 Å². The van der Waals surface area contributed by atoms with E-state index in [0.717, 1.165) is 6.07 Å². The molecule has 2 rings (SSSR count). The number of halogens is 3. The molecule has 2 aromatic rings. The Morgan fingerprint density at radius 1 is 1.08 bits per heavy atom. The molecule has 1 aromatic carbocycles. The van der Waals surface area contributed by atoms with Crippen LogP contribution in [0.25, 0.3) is 0 Å². The second kappa shape index (κ2) is 7.09. The summed E-state index contributed by atoms with van der Waals surface area (Å²) in [6, 6.07) is 7.58. The summed E-state index contributed by atoms with van der Waals surface area (Å²) < 4.78 is 40.0. The number of carbonyl (C=O) groups is 2. The van der Waals surface area contributed by atoms with Gasteiger partial charge in [0.2, 0.25) is 6.54 Å². The first-order valence-corrected chi connectivity index (χ1v) is 6.77. The van der Waals surface area contributed by atoms with E-state index in [0.29, 0.717) is 0 Å². The van der Waals surface area contributed by atoms with E-state index in [4.69, 9.17) is 5.84 Å². The van der Waals surface area contributed by atoms with Crippen LogP contribution in [0.5, 0.6) is 0 Å². The number of amides is 2. The molecule has 9 heteroatoms. The minimum atomic E-state index is -4.56. The molecule has 2 amide bonds.